The molecule has 1 rings (SSSR count). The first-order valence-electron chi connectivity index (χ1n) is 3.61. The molecule has 5 nitrogen and oxygen atoms in total. The molecule has 0 spiro atoms. The second-order valence-electron chi connectivity index (χ2n) is 2.67. The van der Waals surface area contributed by atoms with Crippen molar-refractivity contribution in [3.63, 3.8) is 0 Å². The third-order valence-electron chi connectivity index (χ3n) is 1.83. The van der Waals surface area contributed by atoms with Crippen LogP contribution in [0.1, 0.15) is 19.8 Å². The zero-order valence-electron chi connectivity index (χ0n) is 6.61. The van der Waals surface area contributed by atoms with Crippen LogP contribution in [-0.4, -0.2) is 33.8 Å². The lowest BCUT2D eigenvalue weighted by Crippen LogP contribution is -2.42. The van der Waals surface area contributed by atoms with E-state index in [2.05, 4.69) is 0 Å². The van der Waals surface area contributed by atoms with Crippen molar-refractivity contribution in [2.75, 3.05) is 0 Å². The van der Waals surface area contributed by atoms with Crippen LogP contribution >= 0.6 is 0 Å². The molecule has 0 aromatic carbocycles. The lowest BCUT2D eigenvalue weighted by Gasteiger charge is -2.17. The molecule has 0 radical (unpaired) electrons. The molecule has 1 aliphatic heterocycles. The van der Waals surface area contributed by atoms with Gasteiger partial charge >= 0.3 is 5.97 Å². The summed E-state index contributed by atoms with van der Waals surface area (Å²) in [7, 11) is 0. The van der Waals surface area contributed by atoms with E-state index in [0.29, 0.717) is 0 Å². The Balaban J connectivity index is 2.79. The topological polar surface area (TPSA) is 74.7 Å². The summed E-state index contributed by atoms with van der Waals surface area (Å²) in [6.45, 7) is 1.32. The van der Waals surface area contributed by atoms with E-state index in [1.807, 2.05) is 0 Å². The van der Waals surface area contributed by atoms with Crippen LogP contribution in [0.2, 0.25) is 0 Å². The van der Waals surface area contributed by atoms with Crippen molar-refractivity contribution in [1.82, 2.24) is 4.90 Å². The number of likely N-dealkylation sites (tertiary alicyclic amines) is 1. The molecule has 0 saturated carbocycles. The highest BCUT2D eigenvalue weighted by Crippen LogP contribution is 2.14. The molecule has 1 N–H and O–H groups in total. The van der Waals surface area contributed by atoms with Crippen LogP contribution in [0.5, 0.6) is 0 Å². The fourth-order valence-electron chi connectivity index (χ4n) is 1.14. The third kappa shape index (κ3) is 1.30. The highest BCUT2D eigenvalue weighted by atomic mass is 16.4. The summed E-state index contributed by atoms with van der Waals surface area (Å²) in [6.07, 6.45) is 0.271. The average molecular weight is 171 g/mol. The Bertz CT molecular complexity index is 232. The maximum absolute atomic E-state index is 11.0. The Morgan fingerprint density at radius 2 is 1.83 bits per heavy atom. The minimum atomic E-state index is -1.15. The SMILES string of the molecule is C[C@@H](C(=O)O)N1C(=O)CCC1=O. The number of hydrogen-bond donors (Lipinski definition) is 1. The van der Waals surface area contributed by atoms with Crippen molar-refractivity contribution in [2.45, 2.75) is 25.8 Å². The fourth-order valence-corrected chi connectivity index (χ4v) is 1.14. The molecule has 1 atom stereocenters. The molecule has 12 heavy (non-hydrogen) atoms. The lowest BCUT2D eigenvalue weighted by molar-refractivity contribution is -0.153. The molecule has 1 saturated heterocycles. The molecule has 0 aromatic heterocycles. The van der Waals surface area contributed by atoms with Gasteiger partial charge in [-0.05, 0) is 6.92 Å². The van der Waals surface area contributed by atoms with E-state index in [9.17, 15) is 14.4 Å². The van der Waals surface area contributed by atoms with E-state index in [1.54, 1.807) is 0 Å². The highest BCUT2D eigenvalue weighted by Gasteiger charge is 2.35. The zero-order chi connectivity index (χ0) is 9.30. The number of imide groups is 1. The van der Waals surface area contributed by atoms with Gasteiger partial charge in [-0.1, -0.05) is 0 Å². The van der Waals surface area contributed by atoms with Gasteiger partial charge < -0.3 is 5.11 Å². The van der Waals surface area contributed by atoms with Crippen molar-refractivity contribution in [3.05, 3.63) is 0 Å². The second kappa shape index (κ2) is 2.92. The molecule has 2 amide bonds. The van der Waals surface area contributed by atoms with Crippen LogP contribution in [0.25, 0.3) is 0 Å². The van der Waals surface area contributed by atoms with Gasteiger partial charge in [-0.15, -0.1) is 0 Å². The van der Waals surface area contributed by atoms with Crippen molar-refractivity contribution in [2.24, 2.45) is 0 Å². The van der Waals surface area contributed by atoms with Crippen molar-refractivity contribution < 1.29 is 19.5 Å². The monoisotopic (exact) mass is 171 g/mol. The first-order chi connectivity index (χ1) is 5.54. The van der Waals surface area contributed by atoms with Gasteiger partial charge in [-0.25, -0.2) is 4.79 Å². The maximum atomic E-state index is 11.0. The lowest BCUT2D eigenvalue weighted by atomic mass is 10.3. The molecule has 1 aliphatic rings. The minimum absolute atomic E-state index is 0.135. The zero-order valence-corrected chi connectivity index (χ0v) is 6.61. The molecule has 0 bridgehead atoms. The molecule has 0 unspecified atom stereocenters. The molecule has 5 heteroatoms. The van der Waals surface area contributed by atoms with Gasteiger partial charge in [-0.2, -0.15) is 0 Å². The summed E-state index contributed by atoms with van der Waals surface area (Å²) in [5, 5.41) is 8.53. The van der Waals surface area contributed by atoms with Crippen LogP contribution in [-0.2, 0) is 14.4 Å². The Morgan fingerprint density at radius 3 is 2.17 bits per heavy atom. The van der Waals surface area contributed by atoms with E-state index >= 15 is 0 Å². The summed E-state index contributed by atoms with van der Waals surface area (Å²) in [4.78, 5) is 33.2. The van der Waals surface area contributed by atoms with E-state index in [4.69, 9.17) is 5.11 Å². The highest BCUT2D eigenvalue weighted by molar-refractivity contribution is 6.04. The molecule has 1 heterocycles. The Labute approximate surface area is 69.0 Å². The Kier molecular flexibility index (Phi) is 2.12. The predicted molar refractivity (Wildman–Crippen MR) is 38.2 cm³/mol. The predicted octanol–water partition coefficient (Wildman–Crippen LogP) is -0.391. The number of amides is 2. The van der Waals surface area contributed by atoms with E-state index in [0.717, 1.165) is 4.90 Å². The van der Waals surface area contributed by atoms with Gasteiger partial charge in [-0.3, -0.25) is 14.5 Å². The normalized spacial score (nSPS) is 19.9. The average Bonchev–Trinajstić information content (AvgIpc) is 2.30. The largest absolute Gasteiger partial charge is 0.480 e. The van der Waals surface area contributed by atoms with Crippen LogP contribution in [0.15, 0.2) is 0 Å². The molecule has 0 aromatic rings. The molecule has 1 fully saturated rings. The number of hydrogen-bond acceptors (Lipinski definition) is 3. The van der Waals surface area contributed by atoms with Crippen molar-refractivity contribution >= 4 is 17.8 Å². The summed E-state index contributed by atoms with van der Waals surface area (Å²) in [5.41, 5.74) is 0. The van der Waals surface area contributed by atoms with Gasteiger partial charge in [0.25, 0.3) is 0 Å². The number of carbonyl (C=O) groups is 3. The van der Waals surface area contributed by atoms with E-state index in [-0.39, 0.29) is 12.8 Å². The number of rotatable bonds is 2. The number of carboxylic acid groups (broad SMARTS) is 1. The first-order valence-corrected chi connectivity index (χ1v) is 3.61. The minimum Gasteiger partial charge on any atom is -0.480 e. The second-order valence-corrected chi connectivity index (χ2v) is 2.67. The number of aliphatic carboxylic acids is 1. The number of carboxylic acids is 1. The molecule has 0 aliphatic carbocycles. The van der Waals surface area contributed by atoms with Crippen molar-refractivity contribution in [3.8, 4) is 0 Å². The Morgan fingerprint density at radius 1 is 1.42 bits per heavy atom. The number of carbonyl (C=O) groups excluding carboxylic acids is 2. The summed E-state index contributed by atoms with van der Waals surface area (Å²) in [5.74, 6) is -1.94. The quantitative estimate of drug-likeness (QED) is 0.574. The van der Waals surface area contributed by atoms with Crippen LogP contribution < -0.4 is 0 Å². The first kappa shape index (κ1) is 8.70. The van der Waals surface area contributed by atoms with Crippen LogP contribution in [0.3, 0.4) is 0 Å². The summed E-state index contributed by atoms with van der Waals surface area (Å²) < 4.78 is 0. The molecule has 66 valence electrons. The number of nitrogens with zero attached hydrogens (tertiary/aromatic N) is 1. The van der Waals surface area contributed by atoms with Crippen molar-refractivity contribution in [1.29, 1.82) is 0 Å². The summed E-state index contributed by atoms with van der Waals surface area (Å²) >= 11 is 0. The van der Waals surface area contributed by atoms with Crippen LogP contribution in [0.4, 0.5) is 0 Å². The van der Waals surface area contributed by atoms with Gasteiger partial charge in [0, 0.05) is 12.8 Å². The molecular weight excluding hydrogens is 162 g/mol. The standard InChI is InChI=1S/C7H9NO4/c1-4(7(11)12)8-5(9)2-3-6(8)10/h4H,2-3H2,1H3,(H,11,12)/t4-/m0/s1. The summed E-state index contributed by atoms with van der Waals surface area (Å²) in [6, 6.07) is -1.03. The third-order valence-corrected chi connectivity index (χ3v) is 1.83. The van der Waals surface area contributed by atoms with Gasteiger partial charge in [0.05, 0.1) is 0 Å². The van der Waals surface area contributed by atoms with E-state index < -0.39 is 23.8 Å². The smallest absolute Gasteiger partial charge is 0.326 e. The Hall–Kier alpha value is -1.39. The maximum Gasteiger partial charge on any atom is 0.326 e. The van der Waals surface area contributed by atoms with E-state index in [1.165, 1.54) is 6.92 Å². The molecular formula is C7H9NO4. The van der Waals surface area contributed by atoms with Gasteiger partial charge in [0.15, 0.2) is 0 Å². The fraction of sp³-hybridized carbons (Fsp3) is 0.571. The van der Waals surface area contributed by atoms with Crippen LogP contribution in [0, 0.1) is 0 Å². The van der Waals surface area contributed by atoms with Gasteiger partial charge in [0.2, 0.25) is 11.8 Å². The van der Waals surface area contributed by atoms with Gasteiger partial charge in [0.1, 0.15) is 6.04 Å².